The number of carbonyl (C=O) groups is 3. The van der Waals surface area contributed by atoms with Crippen LogP contribution in [0, 0.1) is 12.8 Å². The molecule has 9 heteroatoms. The lowest BCUT2D eigenvalue weighted by atomic mass is 10.1. The van der Waals surface area contributed by atoms with E-state index in [0.29, 0.717) is 10.8 Å². The fourth-order valence-corrected chi connectivity index (χ4v) is 3.54. The van der Waals surface area contributed by atoms with E-state index in [1.165, 1.54) is 29.7 Å². The van der Waals surface area contributed by atoms with Gasteiger partial charge in [-0.2, -0.15) is 0 Å². The highest BCUT2D eigenvalue weighted by molar-refractivity contribution is 9.10. The molecule has 2 aromatic rings. The molecule has 1 aromatic carbocycles. The number of carbonyl (C=O) groups excluding carboxylic acids is 3. The van der Waals surface area contributed by atoms with E-state index in [0.717, 1.165) is 15.7 Å². The van der Waals surface area contributed by atoms with Crippen molar-refractivity contribution in [3.63, 3.8) is 0 Å². The lowest BCUT2D eigenvalue weighted by Gasteiger charge is -2.08. The summed E-state index contributed by atoms with van der Waals surface area (Å²) in [4.78, 5) is 43.2. The monoisotopic (exact) mass is 446 g/mol. The number of amides is 3. The number of aliphatic imine (C=N–C) groups is 1. The number of anilines is 2. The van der Waals surface area contributed by atoms with Crippen LogP contribution in [0.4, 0.5) is 10.8 Å². The molecule has 2 N–H and O–H groups in total. The molecule has 0 saturated carbocycles. The Morgan fingerprint density at radius 2 is 2.11 bits per heavy atom. The third-order valence-corrected chi connectivity index (χ3v) is 5.00. The summed E-state index contributed by atoms with van der Waals surface area (Å²) in [7, 11) is 0. The van der Waals surface area contributed by atoms with Crippen LogP contribution in [0.2, 0.25) is 0 Å². The zero-order valence-corrected chi connectivity index (χ0v) is 16.6. The standard InChI is InChI=1S/C18H15BrN4O3S/c1-10-6-12(19)3-4-14(10)22-16(25)7-13-9-27-18(21-13)23-17(26)11-2-5-15(24)20-8-11/h2-6,8-9,11H,7H2,1H3,(H,22,25)(H,21,23,26). The van der Waals surface area contributed by atoms with E-state index < -0.39 is 5.92 Å². The van der Waals surface area contributed by atoms with Crippen LogP contribution >= 0.6 is 27.3 Å². The first-order valence-corrected chi connectivity index (χ1v) is 9.65. The number of aryl methyl sites for hydroxylation is 1. The summed E-state index contributed by atoms with van der Waals surface area (Å²) >= 11 is 4.62. The number of benzene rings is 1. The normalized spacial score (nSPS) is 15.6. The van der Waals surface area contributed by atoms with E-state index in [9.17, 15) is 14.4 Å². The molecule has 0 aliphatic carbocycles. The first-order chi connectivity index (χ1) is 12.9. The number of rotatable bonds is 5. The van der Waals surface area contributed by atoms with E-state index in [1.54, 1.807) is 5.38 Å². The molecule has 138 valence electrons. The molecule has 0 spiro atoms. The molecule has 27 heavy (non-hydrogen) atoms. The summed E-state index contributed by atoms with van der Waals surface area (Å²) in [6.45, 7) is 1.91. The van der Waals surface area contributed by atoms with Gasteiger partial charge in [0, 0.05) is 27.8 Å². The van der Waals surface area contributed by atoms with Gasteiger partial charge in [0.1, 0.15) is 0 Å². The van der Waals surface area contributed by atoms with Gasteiger partial charge < -0.3 is 10.6 Å². The maximum atomic E-state index is 12.2. The molecule has 1 unspecified atom stereocenters. The van der Waals surface area contributed by atoms with Gasteiger partial charge in [0.05, 0.1) is 18.0 Å². The van der Waals surface area contributed by atoms with Crippen LogP contribution in [0.15, 0.2) is 45.2 Å². The minimum absolute atomic E-state index is 0.0984. The van der Waals surface area contributed by atoms with Crippen molar-refractivity contribution < 1.29 is 14.4 Å². The van der Waals surface area contributed by atoms with Crippen LogP contribution < -0.4 is 10.6 Å². The first kappa shape index (κ1) is 19.1. The van der Waals surface area contributed by atoms with Crippen LogP contribution in [0.5, 0.6) is 0 Å². The predicted octanol–water partition coefficient (Wildman–Crippen LogP) is 3.12. The number of hydrogen-bond acceptors (Lipinski definition) is 5. The molecular formula is C18H15BrN4O3S. The maximum Gasteiger partial charge on any atom is 0.269 e. The third-order valence-electron chi connectivity index (χ3n) is 3.70. The second-order valence-electron chi connectivity index (χ2n) is 5.82. The summed E-state index contributed by atoms with van der Waals surface area (Å²) in [6.07, 6.45) is 4.13. The van der Waals surface area contributed by atoms with E-state index >= 15 is 0 Å². The molecular weight excluding hydrogens is 432 g/mol. The molecule has 1 atom stereocenters. The summed E-state index contributed by atoms with van der Waals surface area (Å²) in [5.74, 6) is -1.52. The average molecular weight is 447 g/mol. The molecule has 1 aliphatic rings. The molecule has 2 heterocycles. The Bertz CT molecular complexity index is 951. The minimum Gasteiger partial charge on any atom is -0.326 e. The lowest BCUT2D eigenvalue weighted by molar-refractivity contribution is -0.117. The van der Waals surface area contributed by atoms with E-state index in [2.05, 4.69) is 36.5 Å². The highest BCUT2D eigenvalue weighted by Gasteiger charge is 2.18. The van der Waals surface area contributed by atoms with E-state index in [1.807, 2.05) is 25.1 Å². The molecule has 0 fully saturated rings. The number of dihydropyridines is 1. The highest BCUT2D eigenvalue weighted by Crippen LogP contribution is 2.21. The quantitative estimate of drug-likeness (QED) is 0.736. The SMILES string of the molecule is Cc1cc(Br)ccc1NC(=O)Cc1csc(NC(=O)C2C=CC(=O)N=C2)n1. The van der Waals surface area contributed by atoms with Crippen molar-refractivity contribution in [3.05, 3.63) is 51.5 Å². The van der Waals surface area contributed by atoms with Gasteiger partial charge >= 0.3 is 0 Å². The van der Waals surface area contributed by atoms with E-state index in [4.69, 9.17) is 0 Å². The summed E-state index contributed by atoms with van der Waals surface area (Å²) in [5, 5.41) is 7.62. The van der Waals surface area contributed by atoms with Crippen LogP contribution in [0.3, 0.4) is 0 Å². The van der Waals surface area contributed by atoms with Crippen molar-refractivity contribution in [1.29, 1.82) is 0 Å². The van der Waals surface area contributed by atoms with Gasteiger partial charge in [-0.1, -0.05) is 22.0 Å². The molecule has 0 saturated heterocycles. The number of nitrogens with zero attached hydrogens (tertiary/aromatic N) is 2. The Labute approximate surface area is 167 Å². The van der Waals surface area contributed by atoms with Gasteiger partial charge in [0.2, 0.25) is 11.8 Å². The van der Waals surface area contributed by atoms with Crippen molar-refractivity contribution in [3.8, 4) is 0 Å². The highest BCUT2D eigenvalue weighted by atomic mass is 79.9. The summed E-state index contributed by atoms with van der Waals surface area (Å²) in [6, 6.07) is 5.60. The minimum atomic E-state index is -0.612. The number of halogens is 1. The van der Waals surface area contributed by atoms with Crippen molar-refractivity contribution in [1.82, 2.24) is 4.98 Å². The molecule has 3 amide bonds. The van der Waals surface area contributed by atoms with Gasteiger partial charge in [-0.05, 0) is 30.7 Å². The zero-order chi connectivity index (χ0) is 19.4. The van der Waals surface area contributed by atoms with Crippen LogP contribution in [0.1, 0.15) is 11.3 Å². The van der Waals surface area contributed by atoms with Gasteiger partial charge in [-0.3, -0.25) is 14.4 Å². The number of aromatic nitrogens is 1. The molecule has 1 aromatic heterocycles. The van der Waals surface area contributed by atoms with Crippen LogP contribution in [0.25, 0.3) is 0 Å². The second kappa shape index (κ2) is 8.36. The molecule has 0 bridgehead atoms. The van der Waals surface area contributed by atoms with Crippen molar-refractivity contribution in [2.75, 3.05) is 10.6 Å². The first-order valence-electron chi connectivity index (χ1n) is 7.98. The second-order valence-corrected chi connectivity index (χ2v) is 7.59. The largest absolute Gasteiger partial charge is 0.326 e. The zero-order valence-electron chi connectivity index (χ0n) is 14.2. The number of hydrogen-bond donors (Lipinski definition) is 2. The summed E-state index contributed by atoms with van der Waals surface area (Å²) < 4.78 is 0.945. The van der Waals surface area contributed by atoms with Crippen LogP contribution in [-0.4, -0.2) is 28.9 Å². The smallest absolute Gasteiger partial charge is 0.269 e. The Kier molecular flexibility index (Phi) is 5.92. The predicted molar refractivity (Wildman–Crippen MR) is 108 cm³/mol. The fourth-order valence-electron chi connectivity index (χ4n) is 2.35. The van der Waals surface area contributed by atoms with Gasteiger partial charge in [-0.25, -0.2) is 9.98 Å². The Hall–Kier alpha value is -2.65. The summed E-state index contributed by atoms with van der Waals surface area (Å²) in [5.41, 5.74) is 2.25. The van der Waals surface area contributed by atoms with Crippen molar-refractivity contribution in [2.45, 2.75) is 13.3 Å². The van der Waals surface area contributed by atoms with Crippen molar-refractivity contribution in [2.24, 2.45) is 10.9 Å². The topological polar surface area (TPSA) is 101 Å². The van der Waals surface area contributed by atoms with Gasteiger partial charge in [0.15, 0.2) is 5.13 Å². The third kappa shape index (κ3) is 5.18. The lowest BCUT2D eigenvalue weighted by Crippen LogP contribution is -2.24. The maximum absolute atomic E-state index is 12.2. The molecule has 7 nitrogen and oxygen atoms in total. The number of nitrogens with one attached hydrogen (secondary N) is 2. The van der Waals surface area contributed by atoms with E-state index in [-0.39, 0.29) is 24.1 Å². The van der Waals surface area contributed by atoms with Gasteiger partial charge in [0.25, 0.3) is 5.91 Å². The van der Waals surface area contributed by atoms with Gasteiger partial charge in [-0.15, -0.1) is 11.3 Å². The molecule has 3 rings (SSSR count). The number of thiazole rings is 1. The Morgan fingerprint density at radius 3 is 2.81 bits per heavy atom. The fraction of sp³-hybridized carbons (Fsp3) is 0.167. The van der Waals surface area contributed by atoms with Crippen molar-refractivity contribution >= 4 is 62.0 Å². The van der Waals surface area contributed by atoms with Crippen LogP contribution in [-0.2, 0) is 20.8 Å². The Balaban J connectivity index is 1.56. The molecule has 0 radical (unpaired) electrons. The Morgan fingerprint density at radius 1 is 1.30 bits per heavy atom. The molecule has 1 aliphatic heterocycles. The average Bonchev–Trinajstić information content (AvgIpc) is 3.04.